The minimum Gasteiger partial charge on any atom is -0.376 e. The number of nitrogens with one attached hydrogen (secondary N) is 1. The van der Waals surface area contributed by atoms with Gasteiger partial charge < -0.3 is 15.0 Å². The van der Waals surface area contributed by atoms with E-state index in [-0.39, 0.29) is 24.0 Å². The lowest BCUT2D eigenvalue weighted by Crippen LogP contribution is -2.44. The van der Waals surface area contributed by atoms with Crippen molar-refractivity contribution < 1.29 is 4.74 Å². The summed E-state index contributed by atoms with van der Waals surface area (Å²) >= 11 is 1.90. The molecule has 5 nitrogen and oxygen atoms in total. The first-order chi connectivity index (χ1) is 14.3. The third-order valence-corrected chi connectivity index (χ3v) is 6.88. The number of hydrogen-bond donors (Lipinski definition) is 1. The molecule has 1 unspecified atom stereocenters. The molecule has 3 heterocycles. The van der Waals surface area contributed by atoms with E-state index >= 15 is 0 Å². The predicted octanol–water partition coefficient (Wildman–Crippen LogP) is 3.84. The summed E-state index contributed by atoms with van der Waals surface area (Å²) in [6.07, 6.45) is 2.36. The van der Waals surface area contributed by atoms with Gasteiger partial charge in [0, 0.05) is 57.1 Å². The van der Waals surface area contributed by atoms with Crippen LogP contribution in [-0.2, 0) is 24.3 Å². The number of thiophene rings is 1. The number of aliphatic imine (C=N–C) groups is 1. The van der Waals surface area contributed by atoms with Crippen LogP contribution < -0.4 is 5.32 Å². The fourth-order valence-electron chi connectivity index (χ4n) is 4.23. The van der Waals surface area contributed by atoms with Gasteiger partial charge in [0.05, 0.1) is 13.2 Å². The van der Waals surface area contributed by atoms with Crippen LogP contribution in [0.5, 0.6) is 0 Å². The monoisotopic (exact) mass is 540 g/mol. The molecule has 0 spiro atoms. The van der Waals surface area contributed by atoms with Crippen LogP contribution in [0, 0.1) is 5.92 Å². The lowest BCUT2D eigenvalue weighted by Gasteiger charge is -2.28. The van der Waals surface area contributed by atoms with E-state index in [1.807, 2.05) is 24.5 Å². The van der Waals surface area contributed by atoms with Gasteiger partial charge in [-0.05, 0) is 35.4 Å². The fraction of sp³-hybridized carbons (Fsp3) is 0.522. The molecule has 0 aliphatic carbocycles. The number of rotatable bonds is 7. The zero-order chi connectivity index (χ0) is 19.9. The lowest BCUT2D eigenvalue weighted by molar-refractivity contribution is 0.0906. The highest BCUT2D eigenvalue weighted by Gasteiger charge is 2.25. The van der Waals surface area contributed by atoms with Gasteiger partial charge in [-0.25, -0.2) is 0 Å². The maximum Gasteiger partial charge on any atom is 0.193 e. The van der Waals surface area contributed by atoms with Gasteiger partial charge in [0.2, 0.25) is 0 Å². The van der Waals surface area contributed by atoms with Crippen LogP contribution in [0.15, 0.2) is 46.8 Å². The van der Waals surface area contributed by atoms with Gasteiger partial charge in [0.15, 0.2) is 5.96 Å². The summed E-state index contributed by atoms with van der Waals surface area (Å²) in [5, 5.41) is 5.80. The summed E-state index contributed by atoms with van der Waals surface area (Å²) in [6.45, 7) is 7.86. The van der Waals surface area contributed by atoms with Crippen molar-refractivity contribution >= 4 is 41.3 Å². The first-order valence-electron chi connectivity index (χ1n) is 10.7. The van der Waals surface area contributed by atoms with Gasteiger partial charge in [-0.2, -0.15) is 0 Å². The Morgan fingerprint density at radius 2 is 2.10 bits per heavy atom. The SMILES string of the molecule is CN=C(NCCN1CCc2sccc2C1)N1CCC(COCc2ccccc2)C1.I. The number of hydrogen-bond acceptors (Lipinski definition) is 4. The zero-order valence-corrected chi connectivity index (χ0v) is 20.9. The molecule has 4 rings (SSSR count). The largest absolute Gasteiger partial charge is 0.376 e. The Bertz CT molecular complexity index is 798. The summed E-state index contributed by atoms with van der Waals surface area (Å²) in [5.41, 5.74) is 2.76. The van der Waals surface area contributed by atoms with E-state index in [4.69, 9.17) is 4.74 Å². The fourth-order valence-corrected chi connectivity index (χ4v) is 5.12. The molecule has 1 fully saturated rings. The lowest BCUT2D eigenvalue weighted by atomic mass is 10.1. The average Bonchev–Trinajstić information content (AvgIpc) is 3.41. The van der Waals surface area contributed by atoms with E-state index < -0.39 is 0 Å². The van der Waals surface area contributed by atoms with Crippen molar-refractivity contribution in [1.82, 2.24) is 15.1 Å². The molecule has 164 valence electrons. The predicted molar refractivity (Wildman–Crippen MR) is 136 cm³/mol. The molecule has 1 N–H and O–H groups in total. The van der Waals surface area contributed by atoms with Crippen molar-refractivity contribution in [2.75, 3.05) is 46.4 Å². The van der Waals surface area contributed by atoms with Crippen LogP contribution in [0.1, 0.15) is 22.4 Å². The molecule has 1 aromatic carbocycles. The number of nitrogens with zero attached hydrogens (tertiary/aromatic N) is 3. The maximum atomic E-state index is 5.96. The van der Waals surface area contributed by atoms with E-state index in [1.54, 1.807) is 4.88 Å². The van der Waals surface area contributed by atoms with Gasteiger partial charge in [0.1, 0.15) is 0 Å². The summed E-state index contributed by atoms with van der Waals surface area (Å²) in [7, 11) is 1.89. The molecular formula is C23H33IN4OS. The highest BCUT2D eigenvalue weighted by Crippen LogP contribution is 2.23. The van der Waals surface area contributed by atoms with E-state index in [2.05, 4.69) is 55.8 Å². The Morgan fingerprint density at radius 1 is 1.23 bits per heavy atom. The molecule has 1 saturated heterocycles. The van der Waals surface area contributed by atoms with Gasteiger partial charge in [-0.3, -0.25) is 9.89 Å². The second kappa shape index (κ2) is 12.0. The van der Waals surface area contributed by atoms with Crippen LogP contribution >= 0.6 is 35.3 Å². The van der Waals surface area contributed by atoms with Crippen LogP contribution in [0.4, 0.5) is 0 Å². The first-order valence-corrected chi connectivity index (χ1v) is 11.5. The molecular weight excluding hydrogens is 507 g/mol. The minimum absolute atomic E-state index is 0. The molecule has 0 amide bonds. The first kappa shape index (κ1) is 23.5. The molecule has 30 heavy (non-hydrogen) atoms. The molecule has 1 aromatic heterocycles. The van der Waals surface area contributed by atoms with Gasteiger partial charge >= 0.3 is 0 Å². The normalized spacial score (nSPS) is 19.4. The molecule has 2 aromatic rings. The van der Waals surface area contributed by atoms with Crippen LogP contribution in [-0.4, -0.2) is 62.1 Å². The Labute approximate surface area is 201 Å². The number of benzene rings is 1. The third kappa shape index (κ3) is 6.42. The van der Waals surface area contributed by atoms with Crippen molar-refractivity contribution in [1.29, 1.82) is 0 Å². The highest BCUT2D eigenvalue weighted by molar-refractivity contribution is 14.0. The quantitative estimate of drug-likeness (QED) is 0.329. The highest BCUT2D eigenvalue weighted by atomic mass is 127. The standard InChI is InChI=1S/C23H32N4OS.HI/c1-24-23(25-10-13-26-11-8-22-21(16-26)9-14-29-22)27-12-7-20(15-27)18-28-17-19-5-3-2-4-6-19;/h2-6,9,14,20H,7-8,10-13,15-18H2,1H3,(H,24,25);1H. The second-order valence-electron chi connectivity index (χ2n) is 7.97. The van der Waals surface area contributed by atoms with Crippen LogP contribution in [0.3, 0.4) is 0 Å². The van der Waals surface area contributed by atoms with Gasteiger partial charge in [-0.15, -0.1) is 35.3 Å². The molecule has 0 saturated carbocycles. The van der Waals surface area contributed by atoms with E-state index in [0.717, 1.165) is 45.3 Å². The average molecular weight is 541 g/mol. The number of guanidine groups is 1. The number of ether oxygens (including phenoxy) is 1. The second-order valence-corrected chi connectivity index (χ2v) is 8.97. The number of halogens is 1. The molecule has 0 radical (unpaired) electrons. The third-order valence-electron chi connectivity index (χ3n) is 5.86. The minimum atomic E-state index is 0. The number of fused-ring (bicyclic) bond motifs is 1. The van der Waals surface area contributed by atoms with Crippen LogP contribution in [0.25, 0.3) is 0 Å². The summed E-state index contributed by atoms with van der Waals surface area (Å²) in [4.78, 5) is 11.0. The topological polar surface area (TPSA) is 40.1 Å². The zero-order valence-electron chi connectivity index (χ0n) is 17.8. The van der Waals surface area contributed by atoms with Crippen molar-refractivity contribution in [2.45, 2.75) is 26.0 Å². The van der Waals surface area contributed by atoms with Crippen molar-refractivity contribution in [2.24, 2.45) is 10.9 Å². The molecule has 2 aliphatic heterocycles. The summed E-state index contributed by atoms with van der Waals surface area (Å²) in [6, 6.07) is 12.7. The van der Waals surface area contributed by atoms with Crippen molar-refractivity contribution in [3.05, 3.63) is 57.8 Å². The molecule has 0 bridgehead atoms. The summed E-state index contributed by atoms with van der Waals surface area (Å²) in [5.74, 6) is 1.61. The Morgan fingerprint density at radius 3 is 2.93 bits per heavy atom. The van der Waals surface area contributed by atoms with E-state index in [9.17, 15) is 0 Å². The van der Waals surface area contributed by atoms with Crippen molar-refractivity contribution in [3.8, 4) is 0 Å². The summed E-state index contributed by atoms with van der Waals surface area (Å²) < 4.78 is 5.96. The Kier molecular flexibility index (Phi) is 9.42. The Hall–Kier alpha value is -1.16. The maximum absolute atomic E-state index is 5.96. The van der Waals surface area contributed by atoms with Gasteiger partial charge in [0.25, 0.3) is 0 Å². The molecule has 7 heteroatoms. The smallest absolute Gasteiger partial charge is 0.193 e. The van der Waals surface area contributed by atoms with Crippen LogP contribution in [0.2, 0.25) is 0 Å². The molecule has 1 atom stereocenters. The van der Waals surface area contributed by atoms with E-state index in [1.165, 1.54) is 30.5 Å². The molecule has 2 aliphatic rings. The van der Waals surface area contributed by atoms with Crippen molar-refractivity contribution in [3.63, 3.8) is 0 Å². The van der Waals surface area contributed by atoms with E-state index in [0.29, 0.717) is 12.5 Å². The number of likely N-dealkylation sites (tertiary alicyclic amines) is 1. The van der Waals surface area contributed by atoms with Gasteiger partial charge in [-0.1, -0.05) is 30.3 Å². The Balaban J connectivity index is 0.00000256.